The first kappa shape index (κ1) is 21.9. The Morgan fingerprint density at radius 2 is 1.74 bits per heavy atom. The van der Waals surface area contributed by atoms with Gasteiger partial charge in [0.1, 0.15) is 0 Å². The Balaban J connectivity index is 1.33. The molecule has 0 spiro atoms. The molecular weight excluding hydrogens is 406 g/mol. The molecular formula is C25H31N3O2S. The molecule has 0 saturated carbocycles. The second-order valence-electron chi connectivity index (χ2n) is 8.26. The smallest absolute Gasteiger partial charge is 0.258 e. The van der Waals surface area contributed by atoms with Crippen molar-refractivity contribution in [3.05, 3.63) is 54.1 Å². The number of piperidine rings is 1. The summed E-state index contributed by atoms with van der Waals surface area (Å²) in [5.41, 5.74) is 2.32. The predicted molar refractivity (Wildman–Crippen MR) is 128 cm³/mol. The molecule has 2 aliphatic heterocycles. The number of thioether (sulfide) groups is 1. The highest BCUT2D eigenvalue weighted by molar-refractivity contribution is 7.99. The Bertz CT molecular complexity index is 897. The lowest BCUT2D eigenvalue weighted by molar-refractivity contribution is -0.116. The minimum Gasteiger partial charge on any atom is -0.326 e. The molecule has 6 heteroatoms. The van der Waals surface area contributed by atoms with E-state index in [4.69, 9.17) is 0 Å². The molecule has 31 heavy (non-hydrogen) atoms. The fourth-order valence-corrected chi connectivity index (χ4v) is 5.25. The fourth-order valence-electron chi connectivity index (χ4n) is 4.27. The van der Waals surface area contributed by atoms with Crippen LogP contribution >= 0.6 is 11.8 Å². The summed E-state index contributed by atoms with van der Waals surface area (Å²) in [4.78, 5) is 30.9. The maximum atomic E-state index is 13.0. The first-order valence-electron chi connectivity index (χ1n) is 11.4. The van der Waals surface area contributed by atoms with Gasteiger partial charge in [0.2, 0.25) is 5.91 Å². The van der Waals surface area contributed by atoms with Crippen molar-refractivity contribution in [3.63, 3.8) is 0 Å². The standard InChI is InChI=1S/C25H31N3O2S/c29-24(11-5-8-16-27-14-6-2-7-15-27)26-21-12-13-23-22(19-21)28(17-18-31-23)25(30)20-9-3-1-4-10-20/h1,3-4,9-10,12-13,19H,2,5-8,11,14-18H2,(H,26,29). The molecule has 0 radical (unpaired) electrons. The van der Waals surface area contributed by atoms with Crippen LogP contribution in [-0.4, -0.2) is 48.6 Å². The molecule has 1 saturated heterocycles. The van der Waals surface area contributed by atoms with Crippen molar-refractivity contribution in [1.29, 1.82) is 0 Å². The number of likely N-dealkylation sites (tertiary alicyclic amines) is 1. The normalized spacial score (nSPS) is 16.6. The van der Waals surface area contributed by atoms with Gasteiger partial charge < -0.3 is 15.1 Å². The van der Waals surface area contributed by atoms with Crippen LogP contribution in [0.1, 0.15) is 48.9 Å². The summed E-state index contributed by atoms with van der Waals surface area (Å²) in [7, 11) is 0. The van der Waals surface area contributed by atoms with Crippen molar-refractivity contribution in [1.82, 2.24) is 4.90 Å². The number of nitrogens with zero attached hydrogens (tertiary/aromatic N) is 2. The van der Waals surface area contributed by atoms with E-state index in [0.717, 1.165) is 41.4 Å². The van der Waals surface area contributed by atoms with Crippen LogP contribution in [0.4, 0.5) is 11.4 Å². The number of carbonyl (C=O) groups is 2. The monoisotopic (exact) mass is 437 g/mol. The third kappa shape index (κ3) is 5.89. The molecule has 0 aromatic heterocycles. The van der Waals surface area contributed by atoms with E-state index in [9.17, 15) is 9.59 Å². The van der Waals surface area contributed by atoms with Gasteiger partial charge in [-0.2, -0.15) is 0 Å². The van der Waals surface area contributed by atoms with Crippen molar-refractivity contribution in [2.75, 3.05) is 42.1 Å². The molecule has 0 bridgehead atoms. The number of rotatable bonds is 7. The Morgan fingerprint density at radius 3 is 2.55 bits per heavy atom. The van der Waals surface area contributed by atoms with E-state index in [0.29, 0.717) is 18.5 Å². The fraction of sp³-hybridized carbons (Fsp3) is 0.440. The first-order chi connectivity index (χ1) is 15.2. The molecule has 164 valence electrons. The van der Waals surface area contributed by atoms with Crippen molar-refractivity contribution in [2.45, 2.75) is 43.4 Å². The average molecular weight is 438 g/mol. The van der Waals surface area contributed by atoms with Crippen LogP contribution in [-0.2, 0) is 4.79 Å². The Labute approximate surface area is 189 Å². The van der Waals surface area contributed by atoms with Crippen LogP contribution in [0.2, 0.25) is 0 Å². The second-order valence-corrected chi connectivity index (χ2v) is 9.40. The zero-order valence-corrected chi connectivity index (χ0v) is 18.8. The van der Waals surface area contributed by atoms with E-state index in [2.05, 4.69) is 10.2 Å². The van der Waals surface area contributed by atoms with Gasteiger partial charge in [0, 0.05) is 34.9 Å². The maximum absolute atomic E-state index is 13.0. The Hall–Kier alpha value is -2.31. The highest BCUT2D eigenvalue weighted by atomic mass is 32.2. The zero-order valence-electron chi connectivity index (χ0n) is 18.0. The van der Waals surface area contributed by atoms with Gasteiger partial charge in [-0.25, -0.2) is 0 Å². The molecule has 0 atom stereocenters. The number of nitrogens with one attached hydrogen (secondary N) is 1. The Kier molecular flexibility index (Phi) is 7.65. The summed E-state index contributed by atoms with van der Waals surface area (Å²) in [5, 5.41) is 3.03. The molecule has 0 unspecified atom stereocenters. The van der Waals surface area contributed by atoms with Gasteiger partial charge in [-0.05, 0) is 75.6 Å². The number of anilines is 2. The van der Waals surface area contributed by atoms with Crippen molar-refractivity contribution >= 4 is 35.0 Å². The molecule has 2 heterocycles. The SMILES string of the molecule is O=C(CCCCN1CCCCC1)Nc1ccc2c(c1)N(C(=O)c1ccccc1)CCS2. The molecule has 1 N–H and O–H groups in total. The first-order valence-corrected chi connectivity index (χ1v) is 12.4. The number of hydrogen-bond acceptors (Lipinski definition) is 4. The molecule has 5 nitrogen and oxygen atoms in total. The van der Waals surface area contributed by atoms with Gasteiger partial charge in [0.05, 0.1) is 5.69 Å². The molecule has 2 aliphatic rings. The third-order valence-corrected chi connectivity index (χ3v) is 6.99. The van der Waals surface area contributed by atoms with Crippen LogP contribution in [0.25, 0.3) is 0 Å². The van der Waals surface area contributed by atoms with Crippen LogP contribution in [0.5, 0.6) is 0 Å². The van der Waals surface area contributed by atoms with E-state index < -0.39 is 0 Å². The number of benzene rings is 2. The summed E-state index contributed by atoms with van der Waals surface area (Å²) in [6, 6.07) is 15.3. The molecule has 2 aromatic carbocycles. The summed E-state index contributed by atoms with van der Waals surface area (Å²) >= 11 is 1.75. The lowest BCUT2D eigenvalue weighted by Gasteiger charge is -2.29. The molecule has 4 rings (SSSR count). The average Bonchev–Trinajstić information content (AvgIpc) is 2.82. The number of hydrogen-bond donors (Lipinski definition) is 1. The number of amides is 2. The van der Waals surface area contributed by atoms with Gasteiger partial charge in [0.25, 0.3) is 5.91 Å². The van der Waals surface area contributed by atoms with Crippen molar-refractivity contribution in [2.24, 2.45) is 0 Å². The maximum Gasteiger partial charge on any atom is 0.258 e. The Morgan fingerprint density at radius 1 is 0.935 bits per heavy atom. The van der Waals surface area contributed by atoms with Gasteiger partial charge in [-0.15, -0.1) is 11.8 Å². The van der Waals surface area contributed by atoms with E-state index in [-0.39, 0.29) is 11.8 Å². The molecule has 0 aliphatic carbocycles. The summed E-state index contributed by atoms with van der Waals surface area (Å²) in [6.07, 6.45) is 6.47. The van der Waals surface area contributed by atoms with Crippen molar-refractivity contribution in [3.8, 4) is 0 Å². The van der Waals surface area contributed by atoms with Crippen LogP contribution < -0.4 is 10.2 Å². The summed E-state index contributed by atoms with van der Waals surface area (Å²) < 4.78 is 0. The molecule has 2 aromatic rings. The largest absolute Gasteiger partial charge is 0.326 e. The highest BCUT2D eigenvalue weighted by Gasteiger charge is 2.24. The van der Waals surface area contributed by atoms with Gasteiger partial charge in [-0.3, -0.25) is 9.59 Å². The second kappa shape index (κ2) is 10.8. The minimum absolute atomic E-state index is 0.00309. The van der Waals surface area contributed by atoms with Gasteiger partial charge >= 0.3 is 0 Å². The summed E-state index contributed by atoms with van der Waals surface area (Å²) in [5.74, 6) is 0.917. The number of unbranched alkanes of at least 4 members (excludes halogenated alkanes) is 1. The quantitative estimate of drug-likeness (QED) is 0.617. The third-order valence-electron chi connectivity index (χ3n) is 5.95. The van der Waals surface area contributed by atoms with E-state index in [1.807, 2.05) is 53.4 Å². The lowest BCUT2D eigenvalue weighted by Crippen LogP contribution is -2.35. The highest BCUT2D eigenvalue weighted by Crippen LogP contribution is 2.37. The summed E-state index contributed by atoms with van der Waals surface area (Å²) in [6.45, 7) is 4.17. The molecule has 1 fully saturated rings. The van der Waals surface area contributed by atoms with Gasteiger partial charge in [-0.1, -0.05) is 24.6 Å². The predicted octanol–water partition coefficient (Wildman–Crippen LogP) is 5.03. The van der Waals surface area contributed by atoms with Crippen molar-refractivity contribution < 1.29 is 9.59 Å². The molecule has 2 amide bonds. The minimum atomic E-state index is 0.00309. The van der Waals surface area contributed by atoms with E-state index in [1.54, 1.807) is 11.8 Å². The zero-order chi connectivity index (χ0) is 21.5. The van der Waals surface area contributed by atoms with Crippen LogP contribution in [0.15, 0.2) is 53.4 Å². The van der Waals surface area contributed by atoms with Gasteiger partial charge in [0.15, 0.2) is 0 Å². The topological polar surface area (TPSA) is 52.7 Å². The van der Waals surface area contributed by atoms with Crippen LogP contribution in [0, 0.1) is 0 Å². The number of fused-ring (bicyclic) bond motifs is 1. The number of carbonyl (C=O) groups excluding carboxylic acids is 2. The lowest BCUT2D eigenvalue weighted by atomic mass is 10.1. The van der Waals surface area contributed by atoms with E-state index in [1.165, 1.54) is 32.4 Å². The van der Waals surface area contributed by atoms with E-state index >= 15 is 0 Å². The van der Waals surface area contributed by atoms with Crippen LogP contribution in [0.3, 0.4) is 0 Å².